The molecule has 0 spiro atoms. The highest BCUT2D eigenvalue weighted by Crippen LogP contribution is 2.31. The van der Waals surface area contributed by atoms with E-state index in [1.54, 1.807) is 12.1 Å². The molecule has 0 unspecified atom stereocenters. The summed E-state index contributed by atoms with van der Waals surface area (Å²) in [7, 11) is 0. The van der Waals surface area contributed by atoms with Gasteiger partial charge in [0.2, 0.25) is 0 Å². The molecule has 1 aromatic carbocycles. The van der Waals surface area contributed by atoms with E-state index >= 15 is 0 Å². The number of alkyl halides is 3. The maximum absolute atomic E-state index is 12.8. The minimum absolute atomic E-state index is 0.302. The van der Waals surface area contributed by atoms with Crippen LogP contribution in [-0.2, 0) is 6.18 Å². The van der Waals surface area contributed by atoms with Crippen molar-refractivity contribution in [3.05, 3.63) is 60.3 Å². The number of aromatic nitrogens is 1. The summed E-state index contributed by atoms with van der Waals surface area (Å²) in [5, 5.41) is 3.23. The second-order valence-corrected chi connectivity index (χ2v) is 5.26. The van der Waals surface area contributed by atoms with Crippen molar-refractivity contribution in [2.24, 2.45) is 0 Å². The van der Waals surface area contributed by atoms with Crippen LogP contribution in [0.2, 0.25) is 0 Å². The number of halogens is 3. The Morgan fingerprint density at radius 2 is 1.87 bits per heavy atom. The summed E-state index contributed by atoms with van der Waals surface area (Å²) in [4.78, 5) is 4.02. The van der Waals surface area contributed by atoms with Gasteiger partial charge in [-0.1, -0.05) is 44.2 Å². The SMILES string of the molecule is C=C(NCCCC)c1ccc(-c2cc(C(F)(F)F)ccn2)cc1. The fourth-order valence-corrected chi connectivity index (χ4v) is 2.13. The first kappa shape index (κ1) is 17.1. The van der Waals surface area contributed by atoms with Gasteiger partial charge >= 0.3 is 6.18 Å². The molecule has 0 aliphatic heterocycles. The maximum Gasteiger partial charge on any atom is 0.416 e. The standard InChI is InChI=1S/C18H19F3N2/c1-3-4-10-22-13(2)14-5-7-15(8-6-14)17-12-16(9-11-23-17)18(19,20)21/h5-9,11-12,22H,2-4,10H2,1H3. The van der Waals surface area contributed by atoms with Crippen LogP contribution < -0.4 is 5.32 Å². The van der Waals surface area contributed by atoms with Crippen molar-refractivity contribution in [3.63, 3.8) is 0 Å². The molecule has 0 atom stereocenters. The Morgan fingerprint density at radius 3 is 2.48 bits per heavy atom. The lowest BCUT2D eigenvalue weighted by atomic mass is 10.1. The predicted molar refractivity (Wildman–Crippen MR) is 86.6 cm³/mol. The van der Waals surface area contributed by atoms with Gasteiger partial charge in [0.05, 0.1) is 11.3 Å². The Labute approximate surface area is 134 Å². The van der Waals surface area contributed by atoms with E-state index in [0.29, 0.717) is 11.3 Å². The molecule has 0 saturated heterocycles. The number of rotatable bonds is 6. The molecule has 0 aliphatic carbocycles. The smallest absolute Gasteiger partial charge is 0.385 e. The monoisotopic (exact) mass is 320 g/mol. The van der Waals surface area contributed by atoms with Gasteiger partial charge in [0.1, 0.15) is 0 Å². The lowest BCUT2D eigenvalue weighted by Crippen LogP contribution is -2.12. The number of hydrogen-bond acceptors (Lipinski definition) is 2. The molecule has 1 heterocycles. The summed E-state index contributed by atoms with van der Waals surface area (Å²) >= 11 is 0. The molecule has 1 N–H and O–H groups in total. The Hall–Kier alpha value is -2.30. The maximum atomic E-state index is 12.8. The largest absolute Gasteiger partial charge is 0.416 e. The first-order chi connectivity index (χ1) is 10.9. The quantitative estimate of drug-likeness (QED) is 0.747. The zero-order valence-corrected chi connectivity index (χ0v) is 13.0. The van der Waals surface area contributed by atoms with Crippen molar-refractivity contribution in [1.82, 2.24) is 10.3 Å². The lowest BCUT2D eigenvalue weighted by Gasteiger charge is -2.11. The molecular formula is C18H19F3N2. The molecule has 0 radical (unpaired) electrons. The van der Waals surface area contributed by atoms with Gasteiger partial charge in [-0.2, -0.15) is 13.2 Å². The molecule has 5 heteroatoms. The number of unbranched alkanes of at least 4 members (excludes halogenated alkanes) is 1. The summed E-state index contributed by atoms with van der Waals surface area (Å²) < 4.78 is 38.3. The number of nitrogens with zero attached hydrogens (tertiary/aromatic N) is 1. The van der Waals surface area contributed by atoms with Crippen molar-refractivity contribution in [2.45, 2.75) is 25.9 Å². The van der Waals surface area contributed by atoms with Gasteiger partial charge in [-0.25, -0.2) is 0 Å². The van der Waals surface area contributed by atoms with E-state index in [1.165, 1.54) is 6.20 Å². The Kier molecular flexibility index (Phi) is 5.42. The van der Waals surface area contributed by atoms with E-state index in [0.717, 1.165) is 42.8 Å². The Balaban J connectivity index is 2.15. The molecule has 0 amide bonds. The fraction of sp³-hybridized carbons (Fsp3) is 0.278. The van der Waals surface area contributed by atoms with E-state index in [2.05, 4.69) is 23.8 Å². The molecule has 0 saturated carbocycles. The van der Waals surface area contributed by atoms with Crippen LogP contribution in [0.25, 0.3) is 17.0 Å². The van der Waals surface area contributed by atoms with Crippen LogP contribution in [0.15, 0.2) is 49.2 Å². The molecule has 0 aliphatic rings. The minimum Gasteiger partial charge on any atom is -0.385 e. The normalized spacial score (nSPS) is 11.3. The first-order valence-electron chi connectivity index (χ1n) is 7.48. The highest BCUT2D eigenvalue weighted by Gasteiger charge is 2.30. The zero-order valence-electron chi connectivity index (χ0n) is 13.0. The number of benzene rings is 1. The van der Waals surface area contributed by atoms with Gasteiger partial charge in [0.15, 0.2) is 0 Å². The van der Waals surface area contributed by atoms with Crippen LogP contribution in [0.4, 0.5) is 13.2 Å². The summed E-state index contributed by atoms with van der Waals surface area (Å²) in [6.07, 6.45) is -1.03. The van der Waals surface area contributed by atoms with E-state index in [-0.39, 0.29) is 0 Å². The van der Waals surface area contributed by atoms with E-state index in [9.17, 15) is 13.2 Å². The molecule has 2 aromatic rings. The second-order valence-electron chi connectivity index (χ2n) is 5.26. The van der Waals surface area contributed by atoms with Crippen LogP contribution in [0.3, 0.4) is 0 Å². The molecule has 2 rings (SSSR count). The Bertz CT molecular complexity index is 661. The molecular weight excluding hydrogens is 301 g/mol. The molecule has 1 aromatic heterocycles. The Morgan fingerprint density at radius 1 is 1.17 bits per heavy atom. The average Bonchev–Trinajstić information content (AvgIpc) is 2.54. The molecule has 23 heavy (non-hydrogen) atoms. The third-order valence-electron chi connectivity index (χ3n) is 3.49. The fourth-order valence-electron chi connectivity index (χ4n) is 2.13. The van der Waals surface area contributed by atoms with E-state index in [4.69, 9.17) is 0 Å². The van der Waals surface area contributed by atoms with E-state index in [1.807, 2.05) is 12.1 Å². The summed E-state index contributed by atoms with van der Waals surface area (Å²) in [6, 6.07) is 9.20. The van der Waals surface area contributed by atoms with Crippen LogP contribution >= 0.6 is 0 Å². The van der Waals surface area contributed by atoms with Gasteiger partial charge in [-0.05, 0) is 24.1 Å². The molecule has 0 fully saturated rings. The number of nitrogens with one attached hydrogen (secondary N) is 1. The zero-order chi connectivity index (χ0) is 16.9. The van der Waals surface area contributed by atoms with Crippen molar-refractivity contribution < 1.29 is 13.2 Å². The number of pyridine rings is 1. The number of hydrogen-bond donors (Lipinski definition) is 1. The van der Waals surface area contributed by atoms with Crippen molar-refractivity contribution in [2.75, 3.05) is 6.54 Å². The topological polar surface area (TPSA) is 24.9 Å². The van der Waals surface area contributed by atoms with Crippen molar-refractivity contribution in [3.8, 4) is 11.3 Å². The molecule has 2 nitrogen and oxygen atoms in total. The van der Waals surface area contributed by atoms with Crippen molar-refractivity contribution in [1.29, 1.82) is 0 Å². The third-order valence-corrected chi connectivity index (χ3v) is 3.49. The van der Waals surface area contributed by atoms with E-state index < -0.39 is 11.7 Å². The van der Waals surface area contributed by atoms with Crippen LogP contribution in [0.1, 0.15) is 30.9 Å². The summed E-state index contributed by atoms with van der Waals surface area (Å²) in [6.45, 7) is 6.94. The van der Waals surface area contributed by atoms with Gasteiger partial charge in [0, 0.05) is 24.0 Å². The van der Waals surface area contributed by atoms with Gasteiger partial charge < -0.3 is 5.32 Å². The summed E-state index contributed by atoms with van der Waals surface area (Å²) in [5.74, 6) is 0. The lowest BCUT2D eigenvalue weighted by molar-refractivity contribution is -0.137. The second kappa shape index (κ2) is 7.31. The molecule has 122 valence electrons. The van der Waals surface area contributed by atoms with Crippen LogP contribution in [-0.4, -0.2) is 11.5 Å². The van der Waals surface area contributed by atoms with Crippen molar-refractivity contribution >= 4 is 5.70 Å². The average molecular weight is 320 g/mol. The predicted octanol–water partition coefficient (Wildman–Crippen LogP) is 5.13. The third kappa shape index (κ3) is 4.58. The van der Waals surface area contributed by atoms with Crippen LogP contribution in [0.5, 0.6) is 0 Å². The van der Waals surface area contributed by atoms with Crippen LogP contribution in [0, 0.1) is 0 Å². The summed E-state index contributed by atoms with van der Waals surface area (Å²) in [5.41, 5.74) is 1.97. The molecule has 0 bridgehead atoms. The highest BCUT2D eigenvalue weighted by atomic mass is 19.4. The van der Waals surface area contributed by atoms with Gasteiger partial charge in [0.25, 0.3) is 0 Å². The first-order valence-corrected chi connectivity index (χ1v) is 7.48. The highest BCUT2D eigenvalue weighted by molar-refractivity contribution is 5.67. The van der Waals surface area contributed by atoms with Gasteiger partial charge in [-0.3, -0.25) is 4.98 Å². The minimum atomic E-state index is -4.37. The van der Waals surface area contributed by atoms with Gasteiger partial charge in [-0.15, -0.1) is 0 Å².